The lowest BCUT2D eigenvalue weighted by Crippen LogP contribution is -2.20. The second-order valence-corrected chi connectivity index (χ2v) is 3.74. The van der Waals surface area contributed by atoms with Gasteiger partial charge in [-0.05, 0) is 24.6 Å². The monoisotopic (exact) mass is 231 g/mol. The summed E-state index contributed by atoms with van der Waals surface area (Å²) < 4.78 is 5.25. The van der Waals surface area contributed by atoms with E-state index in [1.807, 2.05) is 25.1 Å². The van der Waals surface area contributed by atoms with E-state index in [-0.39, 0.29) is 5.91 Å². The van der Waals surface area contributed by atoms with E-state index in [1.165, 1.54) is 6.92 Å². The molecule has 0 aliphatic heterocycles. The maximum atomic E-state index is 10.6. The topological polar surface area (TPSA) is 38.3 Å². The number of rotatable bonds is 3. The largest absolute Gasteiger partial charge is 0.495 e. The summed E-state index contributed by atoms with van der Waals surface area (Å²) >= 11 is 0. The van der Waals surface area contributed by atoms with Crippen LogP contribution in [0.1, 0.15) is 24.5 Å². The van der Waals surface area contributed by atoms with Crippen molar-refractivity contribution in [2.75, 3.05) is 13.7 Å². The average Bonchev–Trinajstić information content (AvgIpc) is 2.29. The van der Waals surface area contributed by atoms with Crippen LogP contribution in [-0.2, 0) is 4.79 Å². The van der Waals surface area contributed by atoms with Gasteiger partial charge >= 0.3 is 0 Å². The van der Waals surface area contributed by atoms with Crippen molar-refractivity contribution >= 4 is 5.91 Å². The molecule has 0 aliphatic rings. The van der Waals surface area contributed by atoms with E-state index in [1.54, 1.807) is 7.11 Å². The van der Waals surface area contributed by atoms with Crippen LogP contribution in [0.3, 0.4) is 0 Å². The maximum absolute atomic E-state index is 10.6. The van der Waals surface area contributed by atoms with Crippen molar-refractivity contribution in [3.05, 3.63) is 29.3 Å². The van der Waals surface area contributed by atoms with E-state index in [0.29, 0.717) is 13.0 Å². The van der Waals surface area contributed by atoms with Gasteiger partial charge in [0.2, 0.25) is 5.91 Å². The van der Waals surface area contributed by atoms with Crippen molar-refractivity contribution in [2.24, 2.45) is 0 Å². The third-order valence-corrected chi connectivity index (χ3v) is 2.20. The summed E-state index contributed by atoms with van der Waals surface area (Å²) in [6, 6.07) is 5.90. The Morgan fingerprint density at radius 2 is 2.24 bits per heavy atom. The van der Waals surface area contributed by atoms with Gasteiger partial charge in [0.15, 0.2) is 0 Å². The molecule has 0 fully saturated rings. The molecule has 1 N–H and O–H groups in total. The Hall–Kier alpha value is -1.95. The molecule has 0 aliphatic carbocycles. The standard InChI is InChI=1S/C14H17NO2/c1-11-7-8-13(14(10-11)17-3)6-4-5-9-15-12(2)16/h7-8,10H,5,9H2,1-3H3,(H,15,16). The van der Waals surface area contributed by atoms with Gasteiger partial charge in [-0.2, -0.15) is 0 Å². The molecule has 90 valence electrons. The lowest BCUT2D eigenvalue weighted by Gasteiger charge is -2.03. The molecule has 1 amide bonds. The second-order valence-electron chi connectivity index (χ2n) is 3.74. The van der Waals surface area contributed by atoms with E-state index in [0.717, 1.165) is 16.9 Å². The molecule has 0 radical (unpaired) electrons. The molecule has 1 aromatic carbocycles. The van der Waals surface area contributed by atoms with E-state index in [2.05, 4.69) is 17.2 Å². The summed E-state index contributed by atoms with van der Waals surface area (Å²) in [5.74, 6) is 6.81. The van der Waals surface area contributed by atoms with Crippen molar-refractivity contribution in [1.82, 2.24) is 5.32 Å². The Kier molecular flexibility index (Phi) is 5.09. The van der Waals surface area contributed by atoms with Gasteiger partial charge in [-0.3, -0.25) is 4.79 Å². The van der Waals surface area contributed by atoms with Crippen molar-refractivity contribution in [1.29, 1.82) is 0 Å². The Morgan fingerprint density at radius 3 is 2.88 bits per heavy atom. The van der Waals surface area contributed by atoms with Gasteiger partial charge in [0.25, 0.3) is 0 Å². The number of aryl methyl sites for hydroxylation is 1. The first-order chi connectivity index (χ1) is 8.13. The summed E-state index contributed by atoms with van der Waals surface area (Å²) in [5.41, 5.74) is 2.02. The van der Waals surface area contributed by atoms with Gasteiger partial charge in [0.05, 0.1) is 12.7 Å². The number of carbonyl (C=O) groups excluding carboxylic acids is 1. The molecule has 3 nitrogen and oxygen atoms in total. The first-order valence-corrected chi connectivity index (χ1v) is 5.51. The maximum Gasteiger partial charge on any atom is 0.216 e. The molecule has 0 spiro atoms. The van der Waals surface area contributed by atoms with Gasteiger partial charge in [0, 0.05) is 19.9 Å². The van der Waals surface area contributed by atoms with E-state index >= 15 is 0 Å². The van der Waals surface area contributed by atoms with Gasteiger partial charge in [-0.15, -0.1) is 0 Å². The number of ether oxygens (including phenoxy) is 1. The quantitative estimate of drug-likeness (QED) is 0.637. The van der Waals surface area contributed by atoms with Crippen LogP contribution in [0.15, 0.2) is 18.2 Å². The van der Waals surface area contributed by atoms with Crippen molar-refractivity contribution in [3.63, 3.8) is 0 Å². The van der Waals surface area contributed by atoms with Crippen LogP contribution in [0.2, 0.25) is 0 Å². The fourth-order valence-corrected chi connectivity index (χ4v) is 1.36. The number of methoxy groups -OCH3 is 1. The summed E-state index contributed by atoms with van der Waals surface area (Å²) in [5, 5.41) is 2.70. The number of nitrogens with one attached hydrogen (secondary N) is 1. The molecule has 0 heterocycles. The highest BCUT2D eigenvalue weighted by molar-refractivity contribution is 5.72. The minimum Gasteiger partial charge on any atom is -0.495 e. The van der Waals surface area contributed by atoms with E-state index < -0.39 is 0 Å². The summed E-state index contributed by atoms with van der Waals surface area (Å²) in [6.07, 6.45) is 0.636. The molecule has 0 saturated heterocycles. The van der Waals surface area contributed by atoms with Gasteiger partial charge in [-0.1, -0.05) is 17.9 Å². The van der Waals surface area contributed by atoms with Crippen LogP contribution in [0, 0.1) is 18.8 Å². The molecule has 3 heteroatoms. The van der Waals surface area contributed by atoms with Crippen LogP contribution >= 0.6 is 0 Å². The minimum absolute atomic E-state index is 0.0280. The molecule has 0 unspecified atom stereocenters. The number of carbonyl (C=O) groups is 1. The summed E-state index contributed by atoms with van der Waals surface area (Å²) in [6.45, 7) is 4.09. The van der Waals surface area contributed by atoms with E-state index in [9.17, 15) is 4.79 Å². The van der Waals surface area contributed by atoms with Crippen LogP contribution in [0.25, 0.3) is 0 Å². The minimum atomic E-state index is -0.0280. The zero-order valence-corrected chi connectivity index (χ0v) is 10.5. The first-order valence-electron chi connectivity index (χ1n) is 5.51. The lowest BCUT2D eigenvalue weighted by molar-refractivity contribution is -0.118. The van der Waals surface area contributed by atoms with Gasteiger partial charge < -0.3 is 10.1 Å². The average molecular weight is 231 g/mol. The van der Waals surface area contributed by atoms with E-state index in [4.69, 9.17) is 4.74 Å². The number of hydrogen-bond acceptors (Lipinski definition) is 2. The molecular weight excluding hydrogens is 214 g/mol. The fraction of sp³-hybridized carbons (Fsp3) is 0.357. The normalized spacial score (nSPS) is 9.12. The summed E-state index contributed by atoms with van der Waals surface area (Å²) in [4.78, 5) is 10.6. The third-order valence-electron chi connectivity index (χ3n) is 2.20. The Morgan fingerprint density at radius 1 is 1.47 bits per heavy atom. The Labute approximate surface area is 102 Å². The molecule has 0 saturated carbocycles. The lowest BCUT2D eigenvalue weighted by atomic mass is 10.1. The zero-order chi connectivity index (χ0) is 12.7. The molecule has 17 heavy (non-hydrogen) atoms. The number of benzene rings is 1. The molecule has 0 atom stereocenters. The third kappa shape index (κ3) is 4.60. The number of amides is 1. The molecule has 1 rings (SSSR count). The number of hydrogen-bond donors (Lipinski definition) is 1. The zero-order valence-electron chi connectivity index (χ0n) is 10.5. The van der Waals surface area contributed by atoms with Crippen LogP contribution < -0.4 is 10.1 Å². The summed E-state index contributed by atoms with van der Waals surface area (Å²) in [7, 11) is 1.64. The van der Waals surface area contributed by atoms with Crippen molar-refractivity contribution in [2.45, 2.75) is 20.3 Å². The molecule has 0 bridgehead atoms. The SMILES string of the molecule is COc1cc(C)ccc1C#CCCNC(C)=O. The van der Waals surface area contributed by atoms with Crippen LogP contribution in [0.4, 0.5) is 0 Å². The first kappa shape index (κ1) is 13.1. The second kappa shape index (κ2) is 6.59. The van der Waals surface area contributed by atoms with Crippen LogP contribution in [0.5, 0.6) is 5.75 Å². The van der Waals surface area contributed by atoms with Gasteiger partial charge in [-0.25, -0.2) is 0 Å². The Balaban J connectivity index is 2.62. The smallest absolute Gasteiger partial charge is 0.216 e. The van der Waals surface area contributed by atoms with Gasteiger partial charge in [0.1, 0.15) is 5.75 Å². The van der Waals surface area contributed by atoms with Crippen molar-refractivity contribution < 1.29 is 9.53 Å². The predicted molar refractivity (Wildman–Crippen MR) is 67.9 cm³/mol. The molecular formula is C14H17NO2. The highest BCUT2D eigenvalue weighted by atomic mass is 16.5. The van der Waals surface area contributed by atoms with Crippen molar-refractivity contribution in [3.8, 4) is 17.6 Å². The van der Waals surface area contributed by atoms with Crippen LogP contribution in [-0.4, -0.2) is 19.6 Å². The molecule has 0 aromatic heterocycles. The molecule has 1 aromatic rings. The fourth-order valence-electron chi connectivity index (χ4n) is 1.36. The predicted octanol–water partition coefficient (Wildman–Crippen LogP) is 1.88. The Bertz CT molecular complexity index is 455. The highest BCUT2D eigenvalue weighted by Crippen LogP contribution is 2.18. The highest BCUT2D eigenvalue weighted by Gasteiger charge is 1.98.